The Bertz CT molecular complexity index is 734. The monoisotopic (exact) mass is 621 g/mol. The summed E-state index contributed by atoms with van der Waals surface area (Å²) in [5, 5.41) is 2.90. The van der Waals surface area contributed by atoms with Crippen LogP contribution in [0.4, 0.5) is 0 Å². The Balaban J connectivity index is 0. The van der Waals surface area contributed by atoms with E-state index in [9.17, 15) is 0 Å². The molecule has 0 fully saturated rings. The van der Waals surface area contributed by atoms with E-state index in [1.165, 1.54) is 32.7 Å². The molecule has 2 aliphatic carbocycles. The quantitative estimate of drug-likeness (QED) is 0.282. The number of rotatable bonds is 2. The Labute approximate surface area is 217 Å². The fourth-order valence-corrected chi connectivity index (χ4v) is 3.80. The van der Waals surface area contributed by atoms with Crippen LogP contribution in [-0.2, 0) is 25.8 Å². The zero-order chi connectivity index (χ0) is 19.5. The van der Waals surface area contributed by atoms with E-state index in [1.54, 1.807) is 0 Å². The summed E-state index contributed by atoms with van der Waals surface area (Å²) in [4.78, 5) is 0. The van der Waals surface area contributed by atoms with Crippen LogP contribution in [0.2, 0.25) is 0 Å². The second-order valence-corrected chi connectivity index (χ2v) is 8.37. The summed E-state index contributed by atoms with van der Waals surface area (Å²) in [6.07, 6.45) is 12.8. The average Bonchev–Trinajstić information content (AvgIpc) is 3.25. The van der Waals surface area contributed by atoms with Crippen molar-refractivity contribution in [3.05, 3.63) is 107 Å². The zero-order valence-electron chi connectivity index (χ0n) is 18.2. The van der Waals surface area contributed by atoms with Crippen molar-refractivity contribution < 1.29 is 25.8 Å². The Morgan fingerprint density at radius 3 is 1.13 bits per heavy atom. The van der Waals surface area contributed by atoms with Gasteiger partial charge in [-0.15, -0.1) is 51.5 Å². The maximum absolute atomic E-state index is 3.19. The number of hydrogen-bond donors (Lipinski definition) is 0. The molecule has 0 N–H and O–H groups in total. The number of allylic oxidation sites excluding steroid dienone is 8. The fourth-order valence-electron chi connectivity index (χ4n) is 2.59. The predicted octanol–water partition coefficient (Wildman–Crippen LogP) is 6.09. The van der Waals surface area contributed by atoms with Crippen molar-refractivity contribution in [3.8, 4) is 0 Å². The van der Waals surface area contributed by atoms with E-state index in [0.717, 1.165) is 12.8 Å². The first-order valence-electron chi connectivity index (χ1n) is 9.50. The Kier molecular flexibility index (Phi) is 18.5. The van der Waals surface area contributed by atoms with Gasteiger partial charge in [0.1, 0.15) is 9.52 Å². The predicted molar refractivity (Wildman–Crippen MR) is 135 cm³/mol. The molecule has 2 aliphatic rings. The van der Waals surface area contributed by atoms with Gasteiger partial charge in [0, 0.05) is 25.8 Å². The van der Waals surface area contributed by atoms with Crippen LogP contribution in [0.3, 0.4) is 0 Å². The normalized spacial score (nSPS) is 13.2. The standard InChI is InChI=1S/C12H11Si.2C7H9.2ClH.Hf/c1-3-7-11(8-4-1)13-12-9-5-2-6-10-12;2*1-6-4-3-5-7(6)2;;;/h1-10,13H;2*4H,3H2,1-2H3;2*1H;/q;2*-1;;;. The largest absolute Gasteiger partial charge is 0.270 e. The molecule has 2 aromatic carbocycles. The molecule has 4 heteroatoms. The minimum atomic E-state index is 0. The first-order chi connectivity index (χ1) is 13.1. The second-order valence-electron chi connectivity index (χ2n) is 6.75. The van der Waals surface area contributed by atoms with Gasteiger partial charge >= 0.3 is 0 Å². The maximum atomic E-state index is 3.19. The first kappa shape index (κ1) is 31.3. The van der Waals surface area contributed by atoms with Gasteiger partial charge in [-0.2, -0.15) is 12.2 Å². The minimum Gasteiger partial charge on any atom is -0.270 e. The Morgan fingerprint density at radius 1 is 0.600 bits per heavy atom. The first-order valence-corrected chi connectivity index (χ1v) is 10.7. The van der Waals surface area contributed by atoms with Crippen molar-refractivity contribution in [1.82, 2.24) is 0 Å². The van der Waals surface area contributed by atoms with Crippen LogP contribution >= 0.6 is 24.8 Å². The Morgan fingerprint density at radius 2 is 0.933 bits per heavy atom. The zero-order valence-corrected chi connectivity index (χ0v) is 24.6. The third-order valence-corrected chi connectivity index (χ3v) is 6.10. The molecule has 0 atom stereocenters. The molecule has 0 nitrogen and oxygen atoms in total. The van der Waals surface area contributed by atoms with Crippen molar-refractivity contribution in [2.75, 3.05) is 0 Å². The smallest absolute Gasteiger partial charge is 0.103 e. The summed E-state index contributed by atoms with van der Waals surface area (Å²) in [6, 6.07) is 21.3. The molecule has 2 aromatic rings. The van der Waals surface area contributed by atoms with Gasteiger partial charge in [0.25, 0.3) is 0 Å². The fraction of sp³-hybridized carbons (Fsp3) is 0.231. The third kappa shape index (κ3) is 12.1. The molecule has 0 amide bonds. The summed E-state index contributed by atoms with van der Waals surface area (Å²) in [5.74, 6) is 0. The van der Waals surface area contributed by atoms with E-state index in [2.05, 4.69) is 113 Å². The molecule has 30 heavy (non-hydrogen) atoms. The van der Waals surface area contributed by atoms with E-state index in [0.29, 0.717) is 0 Å². The van der Waals surface area contributed by atoms with E-state index < -0.39 is 0 Å². The van der Waals surface area contributed by atoms with Crippen LogP contribution in [0, 0.1) is 12.2 Å². The van der Waals surface area contributed by atoms with Crippen LogP contribution in [0.5, 0.6) is 0 Å². The van der Waals surface area contributed by atoms with Gasteiger partial charge in [-0.3, -0.25) is 12.2 Å². The average molecular weight is 621 g/mol. The topological polar surface area (TPSA) is 0 Å². The van der Waals surface area contributed by atoms with Crippen LogP contribution in [0.25, 0.3) is 0 Å². The van der Waals surface area contributed by atoms with Crippen molar-refractivity contribution in [1.29, 1.82) is 0 Å². The van der Waals surface area contributed by atoms with Gasteiger partial charge in [0.05, 0.1) is 0 Å². The molecule has 159 valence electrons. The van der Waals surface area contributed by atoms with Crippen LogP contribution in [0.1, 0.15) is 40.5 Å². The molecule has 0 heterocycles. The maximum Gasteiger partial charge on any atom is 0.103 e. The molecular formula is C26H31Cl2HfSi-2. The van der Waals surface area contributed by atoms with Gasteiger partial charge in [0.2, 0.25) is 0 Å². The molecule has 0 spiro atoms. The van der Waals surface area contributed by atoms with Gasteiger partial charge < -0.3 is 0 Å². The summed E-state index contributed by atoms with van der Waals surface area (Å²) in [5.41, 5.74) is 5.42. The van der Waals surface area contributed by atoms with Crippen LogP contribution in [0.15, 0.2) is 95.1 Å². The molecule has 1 radical (unpaired) electrons. The summed E-state index contributed by atoms with van der Waals surface area (Å²) >= 11 is 0. The summed E-state index contributed by atoms with van der Waals surface area (Å²) in [6.45, 7) is 8.43. The van der Waals surface area contributed by atoms with Crippen LogP contribution < -0.4 is 10.4 Å². The van der Waals surface area contributed by atoms with Gasteiger partial charge in [0.15, 0.2) is 0 Å². The third-order valence-electron chi connectivity index (χ3n) is 4.67. The number of halogens is 2. The van der Waals surface area contributed by atoms with Crippen molar-refractivity contribution >= 4 is 44.7 Å². The molecule has 0 aliphatic heterocycles. The molecule has 0 aromatic heterocycles. The minimum absolute atomic E-state index is 0. The van der Waals surface area contributed by atoms with Crippen LogP contribution in [-0.4, -0.2) is 9.52 Å². The van der Waals surface area contributed by atoms with Gasteiger partial charge in [-0.1, -0.05) is 84.9 Å². The van der Waals surface area contributed by atoms with E-state index in [-0.39, 0.29) is 60.2 Å². The molecule has 0 saturated heterocycles. The van der Waals surface area contributed by atoms with E-state index in [4.69, 9.17) is 0 Å². The molecule has 0 saturated carbocycles. The number of hydrogen-bond acceptors (Lipinski definition) is 0. The van der Waals surface area contributed by atoms with Gasteiger partial charge in [-0.25, -0.2) is 22.3 Å². The molecular weight excluding hydrogens is 590 g/mol. The van der Waals surface area contributed by atoms with Crippen molar-refractivity contribution in [2.24, 2.45) is 0 Å². The number of benzene rings is 2. The van der Waals surface area contributed by atoms with Crippen molar-refractivity contribution in [3.63, 3.8) is 0 Å². The molecule has 0 unspecified atom stereocenters. The van der Waals surface area contributed by atoms with E-state index >= 15 is 0 Å². The Hall–Kier alpha value is -0.933. The van der Waals surface area contributed by atoms with Gasteiger partial charge in [-0.05, 0) is 0 Å². The summed E-state index contributed by atoms with van der Waals surface area (Å²) < 4.78 is 0. The molecule has 4 rings (SSSR count). The summed E-state index contributed by atoms with van der Waals surface area (Å²) in [7, 11) is 0.271. The van der Waals surface area contributed by atoms with Crippen molar-refractivity contribution in [2.45, 2.75) is 40.5 Å². The SMILES string of the molecule is CC1=[C-]CC=C1C.CC1=[C-]CC=C1C.Cl.Cl.[Hf].c1ccc([SiH]c2ccccc2)cc1. The molecule has 0 bridgehead atoms. The van der Waals surface area contributed by atoms with E-state index in [1.807, 2.05) is 0 Å². The second kappa shape index (κ2) is 17.7.